The van der Waals surface area contributed by atoms with Gasteiger partial charge in [0.2, 0.25) is 11.0 Å². The van der Waals surface area contributed by atoms with Crippen molar-refractivity contribution < 1.29 is 13.9 Å². The Morgan fingerprint density at radius 3 is 2.66 bits per heavy atom. The lowest BCUT2D eigenvalue weighted by atomic mass is 10.2. The molecule has 0 aliphatic heterocycles. The first kappa shape index (κ1) is 19.3. The maximum Gasteiger partial charge on any atom is 0.226 e. The van der Waals surface area contributed by atoms with Crippen LogP contribution in [-0.2, 0) is 5.75 Å². The lowest BCUT2D eigenvalue weighted by Crippen LogP contribution is -1.93. The van der Waals surface area contributed by atoms with E-state index in [1.165, 1.54) is 11.3 Å². The average Bonchev–Trinajstić information content (AvgIpc) is 3.42. The molecule has 0 aliphatic rings. The third-order valence-corrected chi connectivity index (χ3v) is 5.99. The van der Waals surface area contributed by atoms with Crippen LogP contribution < -0.4 is 14.8 Å². The maximum atomic E-state index is 5.60. The number of benzene rings is 2. The number of aromatic nitrogens is 3. The minimum Gasteiger partial charge on any atom is -0.497 e. The molecule has 0 fully saturated rings. The average molecular weight is 427 g/mol. The predicted molar refractivity (Wildman–Crippen MR) is 114 cm³/mol. The molecule has 0 aliphatic carbocycles. The Hall–Kier alpha value is -3.04. The van der Waals surface area contributed by atoms with Crippen molar-refractivity contribution in [2.75, 3.05) is 19.5 Å². The summed E-state index contributed by atoms with van der Waals surface area (Å²) in [7, 11) is 3.28. The Bertz CT molecular complexity index is 1080. The van der Waals surface area contributed by atoms with Crippen LogP contribution in [0.25, 0.3) is 11.5 Å². The Labute approximate surface area is 176 Å². The van der Waals surface area contributed by atoms with Crippen molar-refractivity contribution in [2.24, 2.45) is 0 Å². The Kier molecular flexibility index (Phi) is 5.97. The molecule has 29 heavy (non-hydrogen) atoms. The summed E-state index contributed by atoms with van der Waals surface area (Å²) in [5.41, 5.74) is 2.60. The van der Waals surface area contributed by atoms with Gasteiger partial charge in [-0.05, 0) is 36.4 Å². The molecule has 1 N–H and O–H groups in total. The van der Waals surface area contributed by atoms with E-state index in [-0.39, 0.29) is 0 Å². The minimum absolute atomic E-state index is 0.582. The lowest BCUT2D eigenvalue weighted by molar-refractivity contribution is 0.415. The summed E-state index contributed by atoms with van der Waals surface area (Å²) in [6.45, 7) is 0. The molecule has 7 nitrogen and oxygen atoms in total. The molecular formula is C20H18N4O3S2. The number of anilines is 2. The lowest BCUT2D eigenvalue weighted by Gasteiger charge is -2.07. The zero-order chi connectivity index (χ0) is 20.1. The Morgan fingerprint density at radius 2 is 1.86 bits per heavy atom. The van der Waals surface area contributed by atoms with E-state index < -0.39 is 0 Å². The predicted octanol–water partition coefficient (Wildman–Crippen LogP) is 5.25. The van der Waals surface area contributed by atoms with Gasteiger partial charge in [0.1, 0.15) is 17.8 Å². The van der Waals surface area contributed by atoms with Gasteiger partial charge in [0, 0.05) is 11.3 Å². The number of nitrogens with one attached hydrogen (secondary N) is 1. The molecule has 0 unspecified atom stereocenters. The van der Waals surface area contributed by atoms with Gasteiger partial charge in [0.15, 0.2) is 4.34 Å². The topological polar surface area (TPSA) is 82.3 Å². The van der Waals surface area contributed by atoms with Gasteiger partial charge in [-0.3, -0.25) is 0 Å². The van der Waals surface area contributed by atoms with Gasteiger partial charge in [0.25, 0.3) is 0 Å². The van der Waals surface area contributed by atoms with Gasteiger partial charge in [-0.15, -0.1) is 10.2 Å². The van der Waals surface area contributed by atoms with Gasteiger partial charge in [-0.2, -0.15) is 0 Å². The first-order valence-electron chi connectivity index (χ1n) is 8.70. The van der Waals surface area contributed by atoms with E-state index in [2.05, 4.69) is 20.5 Å². The van der Waals surface area contributed by atoms with Crippen molar-refractivity contribution in [3.8, 4) is 23.0 Å². The second-order valence-electron chi connectivity index (χ2n) is 5.86. The number of thioether (sulfide) groups is 1. The quantitative estimate of drug-likeness (QED) is 0.383. The first-order valence-corrected chi connectivity index (χ1v) is 10.5. The summed E-state index contributed by atoms with van der Waals surface area (Å²) in [5.74, 6) is 2.78. The summed E-state index contributed by atoms with van der Waals surface area (Å²) in [4.78, 5) is 4.54. The smallest absolute Gasteiger partial charge is 0.226 e. The molecule has 0 atom stereocenters. The molecule has 4 rings (SSSR count). The van der Waals surface area contributed by atoms with Crippen LogP contribution in [-0.4, -0.2) is 29.4 Å². The van der Waals surface area contributed by atoms with E-state index in [0.717, 1.165) is 32.8 Å². The molecule has 2 aromatic heterocycles. The molecule has 2 heterocycles. The van der Waals surface area contributed by atoms with Crippen LogP contribution in [0.5, 0.6) is 11.5 Å². The van der Waals surface area contributed by atoms with E-state index in [0.29, 0.717) is 16.8 Å². The van der Waals surface area contributed by atoms with Crippen LogP contribution in [0.15, 0.2) is 63.6 Å². The molecule has 148 valence electrons. The van der Waals surface area contributed by atoms with E-state index in [4.69, 9.17) is 13.9 Å². The van der Waals surface area contributed by atoms with Crippen molar-refractivity contribution in [3.05, 3.63) is 60.5 Å². The molecular weight excluding hydrogens is 408 g/mol. The van der Waals surface area contributed by atoms with Gasteiger partial charge in [-0.25, -0.2) is 4.98 Å². The summed E-state index contributed by atoms with van der Waals surface area (Å²) in [6.07, 6.45) is 1.67. The van der Waals surface area contributed by atoms with Gasteiger partial charge in [-0.1, -0.05) is 35.2 Å². The third kappa shape index (κ3) is 4.69. The summed E-state index contributed by atoms with van der Waals surface area (Å²) in [6, 6.07) is 15.3. The van der Waals surface area contributed by atoms with Crippen LogP contribution in [0, 0.1) is 0 Å². The fourth-order valence-electron chi connectivity index (χ4n) is 2.56. The number of hydrogen-bond acceptors (Lipinski definition) is 9. The second kappa shape index (κ2) is 8.97. The SMILES string of the molecule is COc1ccc(-c2nc(CSc3nnc(Nc4ccccc4OC)s3)co2)cc1. The maximum absolute atomic E-state index is 5.60. The summed E-state index contributed by atoms with van der Waals surface area (Å²) < 4.78 is 17.0. The molecule has 4 aromatic rings. The van der Waals surface area contributed by atoms with Gasteiger partial charge in [0.05, 0.1) is 25.6 Å². The zero-order valence-electron chi connectivity index (χ0n) is 15.8. The normalized spacial score (nSPS) is 10.7. The first-order chi connectivity index (χ1) is 14.2. The number of ether oxygens (including phenoxy) is 2. The fourth-order valence-corrected chi connectivity index (χ4v) is 4.20. The fraction of sp³-hybridized carbons (Fsp3) is 0.150. The zero-order valence-corrected chi connectivity index (χ0v) is 17.4. The van der Waals surface area contributed by atoms with Crippen LogP contribution in [0.4, 0.5) is 10.8 Å². The summed E-state index contributed by atoms with van der Waals surface area (Å²) >= 11 is 3.04. The van der Waals surface area contributed by atoms with Crippen molar-refractivity contribution in [1.29, 1.82) is 0 Å². The molecule has 0 spiro atoms. The van der Waals surface area contributed by atoms with Gasteiger partial charge < -0.3 is 19.2 Å². The highest BCUT2D eigenvalue weighted by Crippen LogP contribution is 2.33. The van der Waals surface area contributed by atoms with Crippen LogP contribution >= 0.6 is 23.1 Å². The van der Waals surface area contributed by atoms with Crippen molar-refractivity contribution >= 4 is 33.9 Å². The van der Waals surface area contributed by atoms with Crippen LogP contribution in [0.2, 0.25) is 0 Å². The highest BCUT2D eigenvalue weighted by molar-refractivity contribution is 8.00. The molecule has 0 saturated heterocycles. The third-order valence-electron chi connectivity index (χ3n) is 3.99. The van der Waals surface area contributed by atoms with E-state index >= 15 is 0 Å². The van der Waals surface area contributed by atoms with E-state index in [1.807, 2.05) is 48.5 Å². The molecule has 9 heteroatoms. The Balaban J connectivity index is 1.37. The Morgan fingerprint density at radius 1 is 1.03 bits per heavy atom. The number of para-hydroxylation sites is 2. The number of nitrogens with zero attached hydrogens (tertiary/aromatic N) is 3. The molecule has 0 amide bonds. The molecule has 0 bridgehead atoms. The van der Waals surface area contributed by atoms with Crippen molar-refractivity contribution in [3.63, 3.8) is 0 Å². The van der Waals surface area contributed by atoms with Crippen LogP contribution in [0.3, 0.4) is 0 Å². The van der Waals surface area contributed by atoms with Crippen LogP contribution in [0.1, 0.15) is 5.69 Å². The van der Waals surface area contributed by atoms with Crippen molar-refractivity contribution in [2.45, 2.75) is 10.1 Å². The molecule has 0 saturated carbocycles. The number of rotatable bonds is 8. The van der Waals surface area contributed by atoms with Crippen molar-refractivity contribution in [1.82, 2.24) is 15.2 Å². The monoisotopic (exact) mass is 426 g/mol. The number of oxazole rings is 1. The highest BCUT2D eigenvalue weighted by atomic mass is 32.2. The molecule has 2 aromatic carbocycles. The summed E-state index contributed by atoms with van der Waals surface area (Å²) in [5, 5.41) is 12.4. The molecule has 0 radical (unpaired) electrons. The van der Waals surface area contributed by atoms with Gasteiger partial charge >= 0.3 is 0 Å². The number of methoxy groups -OCH3 is 2. The largest absolute Gasteiger partial charge is 0.497 e. The number of hydrogen-bond donors (Lipinski definition) is 1. The van der Waals surface area contributed by atoms with E-state index in [9.17, 15) is 0 Å². The minimum atomic E-state index is 0.582. The highest BCUT2D eigenvalue weighted by Gasteiger charge is 2.11. The second-order valence-corrected chi connectivity index (χ2v) is 8.06. The standard InChI is InChI=1S/C20H18N4O3S2/c1-25-15-9-7-13(8-10-15)18-21-14(11-27-18)12-28-20-24-23-19(29-20)22-16-5-3-4-6-17(16)26-2/h3-11H,12H2,1-2H3,(H,22,23). The van der Waals surface area contributed by atoms with E-state index in [1.54, 1.807) is 32.2 Å².